The number of benzene rings is 1. The fourth-order valence-electron chi connectivity index (χ4n) is 2.78. The number of carbonyl (C=O) groups is 2. The molecule has 0 spiro atoms. The Labute approximate surface area is 154 Å². The van der Waals surface area contributed by atoms with Gasteiger partial charge in [0, 0.05) is 0 Å². The highest BCUT2D eigenvalue weighted by Gasteiger charge is 2.28. The van der Waals surface area contributed by atoms with E-state index in [4.69, 9.17) is 4.74 Å². The molecule has 0 fully saturated rings. The third kappa shape index (κ3) is 3.04. The van der Waals surface area contributed by atoms with Gasteiger partial charge in [0.2, 0.25) is 0 Å². The summed E-state index contributed by atoms with van der Waals surface area (Å²) in [4.78, 5) is 28.8. The van der Waals surface area contributed by atoms with Crippen LogP contribution < -0.4 is 0 Å². The van der Waals surface area contributed by atoms with Gasteiger partial charge in [0.05, 0.1) is 28.2 Å². The maximum absolute atomic E-state index is 12.2. The van der Waals surface area contributed by atoms with E-state index in [9.17, 15) is 14.9 Å². The first-order valence-electron chi connectivity index (χ1n) is 8.12. The summed E-state index contributed by atoms with van der Waals surface area (Å²) >= 11 is 1.12. The number of Topliss-reactive ketones (excluding diaryl/α,β-unsaturated/α-hetero) is 1. The first-order valence-corrected chi connectivity index (χ1v) is 9.00. The van der Waals surface area contributed by atoms with Crippen molar-refractivity contribution in [3.05, 3.63) is 41.5 Å². The van der Waals surface area contributed by atoms with E-state index < -0.39 is 11.2 Å². The number of hydrogen-bond donors (Lipinski definition) is 0. The lowest BCUT2D eigenvalue weighted by Crippen LogP contribution is -2.27. The summed E-state index contributed by atoms with van der Waals surface area (Å²) < 4.78 is 6.86. The number of ketones is 1. The van der Waals surface area contributed by atoms with Crippen molar-refractivity contribution in [3.63, 3.8) is 0 Å². The van der Waals surface area contributed by atoms with E-state index in [1.807, 2.05) is 35.6 Å². The van der Waals surface area contributed by atoms with E-state index >= 15 is 0 Å². The van der Waals surface area contributed by atoms with Crippen molar-refractivity contribution in [2.24, 2.45) is 0 Å². The number of para-hydroxylation sites is 2. The number of aryl methyl sites for hydroxylation is 1. The number of rotatable bonds is 5. The van der Waals surface area contributed by atoms with Crippen LogP contribution in [0.25, 0.3) is 16.7 Å². The van der Waals surface area contributed by atoms with E-state index in [2.05, 4.69) is 11.1 Å². The van der Waals surface area contributed by atoms with Crippen LogP contribution in [0.4, 0.5) is 0 Å². The monoisotopic (exact) mass is 367 g/mol. The van der Waals surface area contributed by atoms with Gasteiger partial charge in [0.15, 0.2) is 16.7 Å². The topological polar surface area (TPSA) is 84.5 Å². The second-order valence-electron chi connectivity index (χ2n) is 5.77. The number of pyridine rings is 1. The highest BCUT2D eigenvalue weighted by atomic mass is 32.2. The Bertz CT molecular complexity index is 1070. The quantitative estimate of drug-likeness (QED) is 0.391. The average Bonchev–Trinajstić information content (AvgIpc) is 2.98. The molecule has 132 valence electrons. The maximum Gasteiger partial charge on any atom is 0.327 e. The van der Waals surface area contributed by atoms with E-state index in [-0.39, 0.29) is 12.4 Å². The minimum Gasteiger partial charge on any atom is -0.465 e. The molecule has 0 saturated heterocycles. The molecule has 0 bridgehead atoms. The van der Waals surface area contributed by atoms with Gasteiger partial charge in [-0.3, -0.25) is 14.0 Å². The Morgan fingerprint density at radius 2 is 2.12 bits per heavy atom. The number of nitriles is 1. The van der Waals surface area contributed by atoms with Crippen LogP contribution in [0.5, 0.6) is 0 Å². The molecular weight excluding hydrogens is 350 g/mol. The molecule has 7 heteroatoms. The molecule has 0 aliphatic rings. The summed E-state index contributed by atoms with van der Waals surface area (Å²) in [6.45, 7) is 5.09. The fraction of sp³-hybridized carbons (Fsp3) is 0.263. The molecule has 0 saturated carbocycles. The van der Waals surface area contributed by atoms with Crippen molar-refractivity contribution in [2.75, 3.05) is 6.61 Å². The molecule has 2 aromatic heterocycles. The van der Waals surface area contributed by atoms with E-state index in [0.717, 1.165) is 28.4 Å². The minimum atomic E-state index is -0.966. The summed E-state index contributed by atoms with van der Waals surface area (Å²) in [5, 5.41) is 9.22. The van der Waals surface area contributed by atoms with Crippen molar-refractivity contribution in [2.45, 2.75) is 31.0 Å². The Morgan fingerprint density at radius 3 is 2.77 bits per heavy atom. The van der Waals surface area contributed by atoms with Crippen LogP contribution in [0.3, 0.4) is 0 Å². The lowest BCUT2D eigenvalue weighted by Gasteiger charge is -2.15. The number of esters is 1. The SMILES string of the molecule is CCOC(=O)[C@@H](Sc1cc(C)c(C#N)c2nc3ccccc3n12)C(C)=O. The van der Waals surface area contributed by atoms with Crippen LogP contribution in [0.2, 0.25) is 0 Å². The largest absolute Gasteiger partial charge is 0.465 e. The van der Waals surface area contributed by atoms with E-state index in [0.29, 0.717) is 16.2 Å². The second-order valence-corrected chi connectivity index (χ2v) is 6.90. The number of imidazole rings is 1. The Morgan fingerprint density at radius 1 is 1.38 bits per heavy atom. The van der Waals surface area contributed by atoms with Crippen molar-refractivity contribution in [1.29, 1.82) is 5.26 Å². The third-order valence-electron chi connectivity index (χ3n) is 3.96. The molecule has 6 nitrogen and oxygen atoms in total. The number of nitrogens with zero attached hydrogens (tertiary/aromatic N) is 3. The van der Waals surface area contributed by atoms with Crippen molar-refractivity contribution in [3.8, 4) is 6.07 Å². The fourth-order valence-corrected chi connectivity index (χ4v) is 3.88. The number of carbonyl (C=O) groups excluding carboxylic acids is 2. The molecular formula is C19H17N3O3S. The second kappa shape index (κ2) is 7.18. The Balaban J connectivity index is 2.24. The summed E-state index contributed by atoms with van der Waals surface area (Å²) in [6, 6.07) is 11.5. The zero-order valence-electron chi connectivity index (χ0n) is 14.6. The van der Waals surface area contributed by atoms with Crippen LogP contribution in [0, 0.1) is 18.3 Å². The molecule has 2 heterocycles. The molecule has 0 aliphatic carbocycles. The van der Waals surface area contributed by atoms with Crippen LogP contribution in [0.1, 0.15) is 25.0 Å². The number of thioether (sulfide) groups is 1. The first-order chi connectivity index (χ1) is 12.5. The standard InChI is InChI=1S/C19H17N3O3S/c1-4-25-19(24)17(12(3)23)26-16-9-11(2)13(10-20)18-21-14-7-5-6-8-15(14)22(16)18/h5-9,17H,4H2,1-3H3/t17-/m0/s1. The molecule has 26 heavy (non-hydrogen) atoms. The van der Waals surface area contributed by atoms with Gasteiger partial charge in [-0.2, -0.15) is 5.26 Å². The Kier molecular flexibility index (Phi) is 4.96. The molecule has 0 unspecified atom stereocenters. The number of ether oxygens (including phenoxy) is 1. The summed E-state index contributed by atoms with van der Waals surface area (Å²) in [5.74, 6) is -0.849. The zero-order chi connectivity index (χ0) is 18.8. The zero-order valence-corrected chi connectivity index (χ0v) is 15.5. The van der Waals surface area contributed by atoms with Crippen molar-refractivity contribution < 1.29 is 14.3 Å². The van der Waals surface area contributed by atoms with Crippen LogP contribution in [-0.4, -0.2) is 33.0 Å². The number of fused-ring (bicyclic) bond motifs is 3. The predicted molar refractivity (Wildman–Crippen MR) is 99.1 cm³/mol. The van der Waals surface area contributed by atoms with E-state index in [1.165, 1.54) is 6.92 Å². The van der Waals surface area contributed by atoms with Gasteiger partial charge in [-0.15, -0.1) is 0 Å². The van der Waals surface area contributed by atoms with Crippen LogP contribution in [0.15, 0.2) is 35.4 Å². The average molecular weight is 367 g/mol. The van der Waals surface area contributed by atoms with Crippen molar-refractivity contribution in [1.82, 2.24) is 9.38 Å². The van der Waals surface area contributed by atoms with Crippen LogP contribution >= 0.6 is 11.8 Å². The van der Waals surface area contributed by atoms with Gasteiger partial charge >= 0.3 is 5.97 Å². The normalized spacial score (nSPS) is 12.1. The number of aromatic nitrogens is 2. The van der Waals surface area contributed by atoms with Crippen molar-refractivity contribution >= 4 is 40.2 Å². The number of hydrogen-bond acceptors (Lipinski definition) is 6. The van der Waals surface area contributed by atoms with Gasteiger partial charge in [-0.1, -0.05) is 23.9 Å². The lowest BCUT2D eigenvalue weighted by molar-refractivity contribution is -0.144. The highest BCUT2D eigenvalue weighted by Crippen LogP contribution is 2.32. The molecule has 3 rings (SSSR count). The minimum absolute atomic E-state index is 0.207. The maximum atomic E-state index is 12.2. The smallest absolute Gasteiger partial charge is 0.327 e. The molecule has 1 atom stereocenters. The summed E-state index contributed by atoms with van der Waals surface area (Å²) in [7, 11) is 0. The molecule has 3 aromatic rings. The van der Waals surface area contributed by atoms with Gasteiger partial charge in [-0.25, -0.2) is 4.98 Å². The summed E-state index contributed by atoms with van der Waals surface area (Å²) in [6.07, 6.45) is 0. The van der Waals surface area contributed by atoms with Gasteiger partial charge < -0.3 is 4.74 Å². The molecule has 1 aromatic carbocycles. The molecule has 0 aliphatic heterocycles. The van der Waals surface area contributed by atoms with Crippen LogP contribution in [-0.2, 0) is 14.3 Å². The molecule has 0 radical (unpaired) electrons. The third-order valence-corrected chi connectivity index (χ3v) is 5.26. The van der Waals surface area contributed by atoms with Gasteiger partial charge in [0.25, 0.3) is 0 Å². The first kappa shape index (κ1) is 18.0. The highest BCUT2D eigenvalue weighted by molar-refractivity contribution is 8.01. The predicted octanol–water partition coefficient (Wildman–Crippen LogP) is 3.28. The lowest BCUT2D eigenvalue weighted by atomic mass is 10.2. The van der Waals surface area contributed by atoms with Gasteiger partial charge in [-0.05, 0) is 44.5 Å². The molecule has 0 amide bonds. The molecule has 0 N–H and O–H groups in total. The van der Waals surface area contributed by atoms with Gasteiger partial charge in [0.1, 0.15) is 6.07 Å². The summed E-state index contributed by atoms with van der Waals surface area (Å²) in [5.41, 5.74) is 3.28. The van der Waals surface area contributed by atoms with E-state index in [1.54, 1.807) is 13.0 Å². The Hall–Kier alpha value is -2.85.